The Morgan fingerprint density at radius 3 is 2.16 bits per heavy atom. The Kier molecular flexibility index (Phi) is 4.30. The van der Waals surface area contributed by atoms with Gasteiger partial charge in [-0.25, -0.2) is 18.0 Å². The van der Waals surface area contributed by atoms with Crippen LogP contribution < -0.4 is 0 Å². The molecule has 1 N–H and O–H groups in total. The molecular formula is C14H13NO9S. The molecular weight excluding hydrogens is 358 g/mol. The van der Waals surface area contributed by atoms with Crippen molar-refractivity contribution in [1.82, 2.24) is 0 Å². The van der Waals surface area contributed by atoms with Crippen molar-refractivity contribution in [3.63, 3.8) is 0 Å². The number of hydrogen-bond acceptors (Lipinski definition) is 9. The molecule has 25 heavy (non-hydrogen) atoms. The standard InChI is InChI=1S/C14H13NO9S/c1-14(2)23-12(17)10(13(18)24-14)11(16)8-5-4-7(25(3,21)22)6-9(8)15(19)20/h4-6,16H,1-3H3. The number of hydrogen-bond donors (Lipinski definition) is 1. The van der Waals surface area contributed by atoms with Gasteiger partial charge < -0.3 is 14.6 Å². The molecule has 1 aromatic rings. The maximum Gasteiger partial charge on any atom is 0.352 e. The minimum absolute atomic E-state index is 0.365. The van der Waals surface area contributed by atoms with Gasteiger partial charge in [-0.15, -0.1) is 0 Å². The summed E-state index contributed by atoms with van der Waals surface area (Å²) in [6, 6.07) is 2.62. The van der Waals surface area contributed by atoms with E-state index in [0.717, 1.165) is 18.4 Å². The number of cyclic esters (lactones) is 2. The van der Waals surface area contributed by atoms with Gasteiger partial charge in [0.25, 0.3) is 11.5 Å². The molecule has 0 bridgehead atoms. The molecule has 1 aromatic carbocycles. The lowest BCUT2D eigenvalue weighted by atomic mass is 10.1. The molecule has 1 fully saturated rings. The van der Waals surface area contributed by atoms with Crippen molar-refractivity contribution < 1.29 is 37.5 Å². The molecule has 0 saturated carbocycles. The fraction of sp³-hybridized carbons (Fsp3) is 0.286. The number of aliphatic hydroxyl groups excluding tert-OH is 1. The van der Waals surface area contributed by atoms with Crippen LogP contribution in [0.3, 0.4) is 0 Å². The number of nitro groups is 1. The SMILES string of the molecule is CC1(C)OC(=O)C(=C(O)c2ccc(S(C)(=O)=O)cc2[N+](=O)[O-])C(=O)O1. The summed E-state index contributed by atoms with van der Waals surface area (Å²) in [5.74, 6) is -5.04. The first kappa shape index (κ1) is 18.4. The predicted octanol–water partition coefficient (Wildman–Crippen LogP) is 1.10. The molecule has 0 unspecified atom stereocenters. The zero-order valence-electron chi connectivity index (χ0n) is 13.3. The van der Waals surface area contributed by atoms with Crippen LogP contribution in [0, 0.1) is 10.1 Å². The van der Waals surface area contributed by atoms with E-state index in [0.29, 0.717) is 6.07 Å². The van der Waals surface area contributed by atoms with Crippen molar-refractivity contribution in [3.05, 3.63) is 39.4 Å². The highest BCUT2D eigenvalue weighted by molar-refractivity contribution is 7.90. The zero-order chi connectivity index (χ0) is 19.2. The van der Waals surface area contributed by atoms with E-state index in [9.17, 15) is 33.2 Å². The third-order valence-electron chi connectivity index (χ3n) is 3.17. The molecule has 0 radical (unpaired) electrons. The van der Waals surface area contributed by atoms with Gasteiger partial charge in [0, 0.05) is 26.2 Å². The van der Waals surface area contributed by atoms with E-state index in [2.05, 4.69) is 0 Å². The highest BCUT2D eigenvalue weighted by atomic mass is 32.2. The average molecular weight is 371 g/mol. The first-order chi connectivity index (χ1) is 11.3. The number of sulfone groups is 1. The highest BCUT2D eigenvalue weighted by Gasteiger charge is 2.42. The first-order valence-electron chi connectivity index (χ1n) is 6.72. The monoisotopic (exact) mass is 371 g/mol. The van der Waals surface area contributed by atoms with E-state index < -0.39 is 55.1 Å². The quantitative estimate of drug-likeness (QED) is 0.206. The van der Waals surface area contributed by atoms with Crippen molar-refractivity contribution in [1.29, 1.82) is 0 Å². The number of carbonyl (C=O) groups is 2. The zero-order valence-corrected chi connectivity index (χ0v) is 14.1. The van der Waals surface area contributed by atoms with Gasteiger partial charge in [-0.05, 0) is 12.1 Å². The average Bonchev–Trinajstić information content (AvgIpc) is 2.43. The summed E-state index contributed by atoms with van der Waals surface area (Å²) in [6.45, 7) is 2.58. The second-order valence-corrected chi connectivity index (χ2v) is 7.63. The molecule has 1 saturated heterocycles. The van der Waals surface area contributed by atoms with Crippen LogP contribution in [0.5, 0.6) is 0 Å². The summed E-state index contributed by atoms with van der Waals surface area (Å²) in [7, 11) is -3.75. The number of rotatable bonds is 3. The molecule has 0 spiro atoms. The molecule has 1 aliphatic rings. The van der Waals surface area contributed by atoms with Crippen molar-refractivity contribution in [2.75, 3.05) is 6.26 Å². The van der Waals surface area contributed by atoms with Crippen molar-refractivity contribution in [2.24, 2.45) is 0 Å². The Balaban J connectivity index is 2.67. The summed E-state index contributed by atoms with van der Waals surface area (Å²) in [5, 5.41) is 21.4. The highest BCUT2D eigenvalue weighted by Crippen LogP contribution is 2.32. The summed E-state index contributed by atoms with van der Waals surface area (Å²) in [5.41, 5.74) is -2.26. The van der Waals surface area contributed by atoms with Gasteiger partial charge in [0.1, 0.15) is 0 Å². The molecule has 11 heteroatoms. The Morgan fingerprint density at radius 2 is 1.72 bits per heavy atom. The summed E-state index contributed by atoms with van der Waals surface area (Å²) < 4.78 is 32.7. The number of esters is 2. The van der Waals surface area contributed by atoms with Gasteiger partial charge in [-0.1, -0.05) is 0 Å². The topological polar surface area (TPSA) is 150 Å². The third-order valence-corrected chi connectivity index (χ3v) is 4.28. The number of carbonyl (C=O) groups excluding carboxylic acids is 2. The molecule has 0 amide bonds. The van der Waals surface area contributed by atoms with Crippen molar-refractivity contribution >= 4 is 33.2 Å². The summed E-state index contributed by atoms with van der Waals surface area (Å²) in [4.78, 5) is 33.8. The van der Waals surface area contributed by atoms with Crippen LogP contribution in [0.4, 0.5) is 5.69 Å². The lowest BCUT2D eigenvalue weighted by Gasteiger charge is -2.30. The van der Waals surface area contributed by atoms with Gasteiger partial charge in [-0.2, -0.15) is 0 Å². The van der Waals surface area contributed by atoms with Gasteiger partial charge in [0.2, 0.25) is 0 Å². The van der Waals surface area contributed by atoms with E-state index in [4.69, 9.17) is 9.47 Å². The largest absolute Gasteiger partial charge is 0.506 e. The Bertz CT molecular complexity index is 906. The maximum absolute atomic E-state index is 11.9. The van der Waals surface area contributed by atoms with E-state index >= 15 is 0 Å². The van der Waals surface area contributed by atoms with E-state index in [1.165, 1.54) is 13.8 Å². The van der Waals surface area contributed by atoms with E-state index in [1.54, 1.807) is 0 Å². The molecule has 1 aliphatic heterocycles. The van der Waals surface area contributed by atoms with E-state index in [-0.39, 0.29) is 4.90 Å². The molecule has 10 nitrogen and oxygen atoms in total. The molecule has 134 valence electrons. The van der Waals surface area contributed by atoms with Crippen LogP contribution in [0.25, 0.3) is 5.76 Å². The first-order valence-corrected chi connectivity index (χ1v) is 8.61. The minimum Gasteiger partial charge on any atom is -0.506 e. The smallest absolute Gasteiger partial charge is 0.352 e. The molecule has 0 aliphatic carbocycles. The predicted molar refractivity (Wildman–Crippen MR) is 82.0 cm³/mol. The van der Waals surface area contributed by atoms with Crippen LogP contribution in [0.2, 0.25) is 0 Å². The molecule has 1 heterocycles. The second-order valence-electron chi connectivity index (χ2n) is 5.61. The summed E-state index contributed by atoms with van der Waals surface area (Å²) >= 11 is 0. The molecule has 2 rings (SSSR count). The minimum atomic E-state index is -3.75. The van der Waals surface area contributed by atoms with Gasteiger partial charge in [0.05, 0.1) is 15.4 Å². The maximum atomic E-state index is 11.9. The van der Waals surface area contributed by atoms with Crippen LogP contribution in [-0.2, 0) is 28.9 Å². The fourth-order valence-corrected chi connectivity index (χ4v) is 2.72. The van der Waals surface area contributed by atoms with Gasteiger partial charge in [0.15, 0.2) is 21.2 Å². The van der Waals surface area contributed by atoms with Crippen LogP contribution in [-0.4, -0.2) is 42.4 Å². The van der Waals surface area contributed by atoms with Crippen molar-refractivity contribution in [3.8, 4) is 0 Å². The third kappa shape index (κ3) is 3.60. The summed E-state index contributed by atoms with van der Waals surface area (Å²) in [6.07, 6.45) is 0.849. The Morgan fingerprint density at radius 1 is 1.20 bits per heavy atom. The normalized spacial score (nSPS) is 16.8. The number of ether oxygens (including phenoxy) is 2. The number of benzene rings is 1. The van der Waals surface area contributed by atoms with Gasteiger partial charge in [-0.3, -0.25) is 10.1 Å². The molecule has 0 atom stereocenters. The fourth-order valence-electron chi connectivity index (χ4n) is 2.07. The van der Waals surface area contributed by atoms with Crippen LogP contribution in [0.1, 0.15) is 19.4 Å². The second kappa shape index (κ2) is 5.84. The molecule has 0 aromatic heterocycles. The van der Waals surface area contributed by atoms with Gasteiger partial charge >= 0.3 is 11.9 Å². The lowest BCUT2D eigenvalue weighted by molar-refractivity contribution is -0.385. The number of aliphatic hydroxyl groups is 1. The van der Waals surface area contributed by atoms with E-state index in [1.807, 2.05) is 0 Å². The Hall–Kier alpha value is -2.95. The number of nitrogens with zero attached hydrogens (tertiary/aromatic N) is 1. The Labute approximate surface area is 141 Å². The van der Waals surface area contributed by atoms with Crippen LogP contribution in [0.15, 0.2) is 28.7 Å². The number of nitro benzene ring substituents is 1. The van der Waals surface area contributed by atoms with Crippen LogP contribution >= 0.6 is 0 Å². The lowest BCUT2D eigenvalue weighted by Crippen LogP contribution is -2.42. The van der Waals surface area contributed by atoms with Crippen molar-refractivity contribution in [2.45, 2.75) is 24.5 Å².